The van der Waals surface area contributed by atoms with Crippen LogP contribution in [-0.2, 0) is 0 Å². The standard InChI is InChI=1S/C25H24ClN3O4/c1-14-20-22(28-33-14)21-18(26)11-6-12-19(21)29(25(20)32)23(15-7-3-2-4-8-15)27-24(31)16-9-5-10-17(30)13-16/h5-6,9-13,15,23,30H,2-4,7-8H2,1H3,(H,27,31). The molecule has 1 atom stereocenters. The number of carbonyl (C=O) groups excluding carboxylic acids is 1. The summed E-state index contributed by atoms with van der Waals surface area (Å²) in [5.41, 5.74) is 1.08. The molecule has 1 unspecified atom stereocenters. The summed E-state index contributed by atoms with van der Waals surface area (Å²) < 4.78 is 7.01. The van der Waals surface area contributed by atoms with Crippen LogP contribution in [0.25, 0.3) is 21.8 Å². The Labute approximate surface area is 194 Å². The van der Waals surface area contributed by atoms with Gasteiger partial charge in [-0.3, -0.25) is 14.2 Å². The molecule has 0 saturated heterocycles. The minimum Gasteiger partial charge on any atom is -0.508 e. The summed E-state index contributed by atoms with van der Waals surface area (Å²) in [4.78, 5) is 27.0. The molecule has 2 aromatic carbocycles. The maximum atomic E-state index is 13.8. The molecule has 2 N–H and O–H groups in total. The number of halogens is 1. The molecule has 0 radical (unpaired) electrons. The summed E-state index contributed by atoms with van der Waals surface area (Å²) in [5, 5.41) is 18.5. The van der Waals surface area contributed by atoms with Gasteiger partial charge in [-0.15, -0.1) is 0 Å². The number of pyridine rings is 1. The van der Waals surface area contributed by atoms with E-state index in [4.69, 9.17) is 16.1 Å². The smallest absolute Gasteiger partial charge is 0.265 e. The third kappa shape index (κ3) is 3.76. The van der Waals surface area contributed by atoms with Crippen LogP contribution in [0.1, 0.15) is 54.4 Å². The predicted octanol–water partition coefficient (Wildman–Crippen LogP) is 5.32. The average Bonchev–Trinajstić information content (AvgIpc) is 3.20. The van der Waals surface area contributed by atoms with Crippen LogP contribution >= 0.6 is 11.6 Å². The molecule has 0 spiro atoms. The third-order valence-corrected chi connectivity index (χ3v) is 6.86. The van der Waals surface area contributed by atoms with Crippen LogP contribution in [0.4, 0.5) is 0 Å². The van der Waals surface area contributed by atoms with Crippen molar-refractivity contribution in [2.24, 2.45) is 5.92 Å². The van der Waals surface area contributed by atoms with Gasteiger partial charge in [-0.1, -0.05) is 48.2 Å². The van der Waals surface area contributed by atoms with Gasteiger partial charge in [0.1, 0.15) is 28.6 Å². The number of carbonyl (C=O) groups is 1. The normalized spacial score (nSPS) is 15.7. The van der Waals surface area contributed by atoms with E-state index in [1.54, 1.807) is 35.8 Å². The molecule has 4 aromatic rings. The van der Waals surface area contributed by atoms with E-state index in [9.17, 15) is 14.7 Å². The van der Waals surface area contributed by atoms with Gasteiger partial charge in [-0.25, -0.2) is 0 Å². The number of phenolic OH excluding ortho intramolecular Hbond substituents is 1. The lowest BCUT2D eigenvalue weighted by atomic mass is 9.86. The van der Waals surface area contributed by atoms with Crippen molar-refractivity contribution < 1.29 is 14.4 Å². The van der Waals surface area contributed by atoms with Gasteiger partial charge in [-0.05, 0) is 56.0 Å². The van der Waals surface area contributed by atoms with Gasteiger partial charge in [0.25, 0.3) is 11.5 Å². The van der Waals surface area contributed by atoms with E-state index in [2.05, 4.69) is 10.5 Å². The quantitative estimate of drug-likeness (QED) is 0.425. The summed E-state index contributed by atoms with van der Waals surface area (Å²) in [6.07, 6.45) is 4.39. The lowest BCUT2D eigenvalue weighted by molar-refractivity contribution is 0.0877. The molecule has 2 aromatic heterocycles. The summed E-state index contributed by atoms with van der Waals surface area (Å²) in [6.45, 7) is 1.70. The van der Waals surface area contributed by atoms with Crippen molar-refractivity contribution in [2.45, 2.75) is 45.2 Å². The highest BCUT2D eigenvalue weighted by Gasteiger charge is 2.31. The fourth-order valence-electron chi connectivity index (χ4n) is 4.96. The second kappa shape index (κ2) is 8.56. The molecule has 1 fully saturated rings. The highest BCUT2D eigenvalue weighted by molar-refractivity contribution is 6.37. The number of nitrogens with one attached hydrogen (secondary N) is 1. The average molecular weight is 466 g/mol. The van der Waals surface area contributed by atoms with Crippen molar-refractivity contribution in [3.63, 3.8) is 0 Å². The molecule has 0 bridgehead atoms. The van der Waals surface area contributed by atoms with Crippen molar-refractivity contribution in [2.75, 3.05) is 0 Å². The fraction of sp³-hybridized carbons (Fsp3) is 0.320. The van der Waals surface area contributed by atoms with Gasteiger partial charge >= 0.3 is 0 Å². The molecule has 2 heterocycles. The number of rotatable bonds is 4. The Balaban J connectivity index is 1.73. The van der Waals surface area contributed by atoms with Crippen LogP contribution in [0.2, 0.25) is 5.02 Å². The molecule has 8 heteroatoms. The lowest BCUT2D eigenvalue weighted by Gasteiger charge is -2.33. The number of benzene rings is 2. The zero-order valence-electron chi connectivity index (χ0n) is 18.2. The van der Waals surface area contributed by atoms with Gasteiger partial charge < -0.3 is 14.9 Å². The van der Waals surface area contributed by atoms with E-state index in [1.807, 2.05) is 6.07 Å². The molecule has 170 valence electrons. The number of aromatic hydroxyl groups is 1. The van der Waals surface area contributed by atoms with Crippen LogP contribution < -0.4 is 10.9 Å². The SMILES string of the molecule is Cc1onc2c1c(=O)n(C(NC(=O)c1cccc(O)c1)C1CCCCC1)c1cccc(Cl)c21. The third-order valence-electron chi connectivity index (χ3n) is 6.55. The van der Waals surface area contributed by atoms with E-state index in [1.165, 1.54) is 12.1 Å². The second-order valence-corrected chi connectivity index (χ2v) is 9.05. The minimum absolute atomic E-state index is 0.00720. The van der Waals surface area contributed by atoms with E-state index in [0.717, 1.165) is 32.1 Å². The van der Waals surface area contributed by atoms with Crippen molar-refractivity contribution in [1.29, 1.82) is 0 Å². The molecular formula is C25H24ClN3O4. The molecule has 1 amide bonds. The van der Waals surface area contributed by atoms with E-state index in [-0.39, 0.29) is 23.1 Å². The molecule has 0 aliphatic heterocycles. The number of fused-ring (bicyclic) bond motifs is 3. The van der Waals surface area contributed by atoms with Crippen LogP contribution in [-0.4, -0.2) is 20.7 Å². The summed E-state index contributed by atoms with van der Waals surface area (Å²) in [5.74, 6) is 0.128. The maximum Gasteiger partial charge on any atom is 0.265 e. The lowest BCUT2D eigenvalue weighted by Crippen LogP contribution is -2.42. The first kappa shape index (κ1) is 21.5. The van der Waals surface area contributed by atoms with Crippen molar-refractivity contribution in [3.8, 4) is 5.75 Å². The van der Waals surface area contributed by atoms with Gasteiger partial charge in [0.05, 0.1) is 10.5 Å². The first-order valence-electron chi connectivity index (χ1n) is 11.1. The number of hydrogen-bond donors (Lipinski definition) is 2. The first-order chi connectivity index (χ1) is 16.0. The molecule has 1 saturated carbocycles. The van der Waals surface area contributed by atoms with Gasteiger partial charge in [-0.2, -0.15) is 0 Å². The number of aryl methyl sites for hydroxylation is 1. The number of amides is 1. The topological polar surface area (TPSA) is 97.4 Å². The monoisotopic (exact) mass is 465 g/mol. The van der Waals surface area contributed by atoms with E-state index in [0.29, 0.717) is 38.2 Å². The largest absolute Gasteiger partial charge is 0.508 e. The molecule has 1 aliphatic rings. The Morgan fingerprint density at radius 1 is 1.18 bits per heavy atom. The van der Waals surface area contributed by atoms with Gasteiger partial charge in [0, 0.05) is 10.9 Å². The molecule has 1 aliphatic carbocycles. The van der Waals surface area contributed by atoms with Gasteiger partial charge in [0.15, 0.2) is 0 Å². The number of aromatic nitrogens is 2. The van der Waals surface area contributed by atoms with Crippen LogP contribution in [0.3, 0.4) is 0 Å². The zero-order valence-corrected chi connectivity index (χ0v) is 18.9. The Bertz CT molecular complexity index is 1420. The van der Waals surface area contributed by atoms with Crippen LogP contribution in [0, 0.1) is 12.8 Å². The Morgan fingerprint density at radius 3 is 2.70 bits per heavy atom. The number of hydrogen-bond acceptors (Lipinski definition) is 5. The van der Waals surface area contributed by atoms with Crippen LogP contribution in [0.15, 0.2) is 51.8 Å². The molecule has 5 rings (SSSR count). The van der Waals surface area contributed by atoms with Crippen LogP contribution in [0.5, 0.6) is 5.75 Å². The first-order valence-corrected chi connectivity index (χ1v) is 11.5. The van der Waals surface area contributed by atoms with Crippen molar-refractivity contribution in [3.05, 3.63) is 69.2 Å². The summed E-state index contributed by atoms with van der Waals surface area (Å²) in [7, 11) is 0. The van der Waals surface area contributed by atoms with Crippen molar-refractivity contribution >= 4 is 39.3 Å². The summed E-state index contributed by atoms with van der Waals surface area (Å²) in [6, 6.07) is 11.5. The highest BCUT2D eigenvalue weighted by atomic mass is 35.5. The second-order valence-electron chi connectivity index (χ2n) is 8.64. The zero-order chi connectivity index (χ0) is 23.1. The minimum atomic E-state index is -0.590. The maximum absolute atomic E-state index is 13.8. The van der Waals surface area contributed by atoms with Gasteiger partial charge in [0.2, 0.25) is 0 Å². The summed E-state index contributed by atoms with van der Waals surface area (Å²) >= 11 is 6.57. The number of phenols is 1. The Hall–Kier alpha value is -3.32. The molecular weight excluding hydrogens is 442 g/mol. The fourth-order valence-corrected chi connectivity index (χ4v) is 5.22. The molecule has 33 heavy (non-hydrogen) atoms. The van der Waals surface area contributed by atoms with E-state index >= 15 is 0 Å². The number of nitrogens with zero attached hydrogens (tertiary/aromatic N) is 2. The predicted molar refractivity (Wildman–Crippen MR) is 127 cm³/mol. The van der Waals surface area contributed by atoms with E-state index < -0.39 is 6.17 Å². The highest BCUT2D eigenvalue weighted by Crippen LogP contribution is 2.36. The Morgan fingerprint density at radius 2 is 1.94 bits per heavy atom. The molecule has 7 nitrogen and oxygen atoms in total. The van der Waals surface area contributed by atoms with Crippen molar-refractivity contribution in [1.82, 2.24) is 15.0 Å². The Kier molecular flexibility index (Phi) is 5.58.